The van der Waals surface area contributed by atoms with Crippen LogP contribution < -0.4 is 25.6 Å². The third-order valence-corrected chi connectivity index (χ3v) is 4.76. The minimum absolute atomic E-state index is 0.0890. The van der Waals surface area contributed by atoms with Crippen LogP contribution in [0.4, 0.5) is 5.69 Å². The van der Waals surface area contributed by atoms with Gasteiger partial charge in [0, 0.05) is 24.1 Å². The zero-order valence-corrected chi connectivity index (χ0v) is 19.2. The number of benzene rings is 3. The second-order valence-electron chi connectivity index (χ2n) is 7.11. The topological polar surface area (TPSA) is 132 Å². The lowest BCUT2D eigenvalue weighted by molar-refractivity contribution is -0.384. The molecule has 0 saturated carbocycles. The van der Waals surface area contributed by atoms with Crippen molar-refractivity contribution in [1.82, 2.24) is 16.2 Å². The van der Waals surface area contributed by atoms with Gasteiger partial charge in [-0.2, -0.15) is 0 Å². The van der Waals surface area contributed by atoms with Crippen LogP contribution in [0.5, 0.6) is 11.5 Å². The molecule has 0 unspecified atom stereocenters. The van der Waals surface area contributed by atoms with Crippen molar-refractivity contribution in [3.63, 3.8) is 0 Å². The van der Waals surface area contributed by atoms with Gasteiger partial charge in [0.1, 0.15) is 11.5 Å². The zero-order valence-electron chi connectivity index (χ0n) is 18.4. The third-order valence-electron chi connectivity index (χ3n) is 4.56. The number of carbonyl (C=O) groups is 2. The number of thiocarbonyl (C=S) groups is 1. The average Bonchev–Trinajstić information content (AvgIpc) is 2.87. The SMILES string of the molecule is O=C(COc1ccc([N+](=O)[O-])cc1)NNC(=S)NC(=O)c1cccc(OCCc2ccccc2)c1. The molecule has 0 spiro atoms. The lowest BCUT2D eigenvalue weighted by atomic mass is 10.2. The van der Waals surface area contributed by atoms with Crippen LogP contribution in [0.3, 0.4) is 0 Å². The van der Waals surface area contributed by atoms with Gasteiger partial charge < -0.3 is 9.47 Å². The van der Waals surface area contributed by atoms with Gasteiger partial charge in [0.25, 0.3) is 17.5 Å². The Balaban J connectivity index is 1.39. The van der Waals surface area contributed by atoms with Crippen LogP contribution in [0.15, 0.2) is 78.9 Å². The summed E-state index contributed by atoms with van der Waals surface area (Å²) < 4.78 is 11.0. The number of carbonyl (C=O) groups excluding carboxylic acids is 2. The quantitative estimate of drug-likeness (QED) is 0.235. The molecule has 0 aromatic heterocycles. The van der Waals surface area contributed by atoms with Crippen LogP contribution in [-0.4, -0.2) is 35.1 Å². The second-order valence-corrected chi connectivity index (χ2v) is 7.52. The van der Waals surface area contributed by atoms with Gasteiger partial charge in [-0.05, 0) is 48.1 Å². The molecule has 180 valence electrons. The normalized spacial score (nSPS) is 10.1. The fraction of sp³-hybridized carbons (Fsp3) is 0.125. The highest BCUT2D eigenvalue weighted by molar-refractivity contribution is 7.80. The van der Waals surface area contributed by atoms with Gasteiger partial charge in [-0.1, -0.05) is 36.4 Å². The Morgan fingerprint density at radius 1 is 0.886 bits per heavy atom. The zero-order chi connectivity index (χ0) is 25.0. The maximum atomic E-state index is 12.5. The number of nitro groups is 1. The number of nitrogens with one attached hydrogen (secondary N) is 3. The maximum absolute atomic E-state index is 12.5. The molecule has 0 aliphatic carbocycles. The molecule has 3 aromatic carbocycles. The molecule has 0 fully saturated rings. The van der Waals surface area contributed by atoms with Crippen molar-refractivity contribution in [1.29, 1.82) is 0 Å². The van der Waals surface area contributed by atoms with Crippen LogP contribution in [0.2, 0.25) is 0 Å². The molecule has 0 heterocycles. The van der Waals surface area contributed by atoms with Crippen LogP contribution in [0.1, 0.15) is 15.9 Å². The first-order valence-electron chi connectivity index (χ1n) is 10.4. The third kappa shape index (κ3) is 8.41. The van der Waals surface area contributed by atoms with Crippen molar-refractivity contribution < 1.29 is 24.0 Å². The molecule has 0 bridgehead atoms. The number of amides is 2. The first kappa shape index (κ1) is 25.1. The largest absolute Gasteiger partial charge is 0.493 e. The fourth-order valence-electron chi connectivity index (χ4n) is 2.84. The van der Waals surface area contributed by atoms with Crippen molar-refractivity contribution in [2.24, 2.45) is 0 Å². The van der Waals surface area contributed by atoms with Gasteiger partial charge in [0.05, 0.1) is 11.5 Å². The van der Waals surface area contributed by atoms with E-state index in [2.05, 4.69) is 16.2 Å². The lowest BCUT2D eigenvalue weighted by Crippen LogP contribution is -2.49. The Morgan fingerprint density at radius 2 is 1.63 bits per heavy atom. The van der Waals surface area contributed by atoms with Gasteiger partial charge in [0.2, 0.25) is 0 Å². The van der Waals surface area contributed by atoms with Crippen LogP contribution in [0.25, 0.3) is 0 Å². The van der Waals surface area contributed by atoms with E-state index in [-0.39, 0.29) is 23.2 Å². The molecule has 0 saturated heterocycles. The van der Waals surface area contributed by atoms with E-state index < -0.39 is 16.7 Å². The van der Waals surface area contributed by atoms with Gasteiger partial charge in [-0.3, -0.25) is 35.9 Å². The molecular formula is C24H22N4O6S. The molecule has 0 aliphatic heterocycles. The number of ether oxygens (including phenoxy) is 2. The maximum Gasteiger partial charge on any atom is 0.276 e. The monoisotopic (exact) mass is 494 g/mol. The summed E-state index contributed by atoms with van der Waals surface area (Å²) in [6.07, 6.45) is 0.735. The molecule has 0 radical (unpaired) electrons. The summed E-state index contributed by atoms with van der Waals surface area (Å²) in [5, 5.41) is 13.0. The van der Waals surface area contributed by atoms with Crippen molar-refractivity contribution in [3.8, 4) is 11.5 Å². The molecule has 10 nitrogen and oxygen atoms in total. The predicted octanol–water partition coefficient (Wildman–Crippen LogP) is 2.93. The van der Waals surface area contributed by atoms with Crippen molar-refractivity contribution in [2.75, 3.05) is 13.2 Å². The Morgan fingerprint density at radius 3 is 2.34 bits per heavy atom. The molecule has 3 aromatic rings. The van der Waals surface area contributed by atoms with Crippen LogP contribution in [-0.2, 0) is 11.2 Å². The van der Waals surface area contributed by atoms with Crippen molar-refractivity contribution in [2.45, 2.75) is 6.42 Å². The molecule has 3 rings (SSSR count). The summed E-state index contributed by atoms with van der Waals surface area (Å²) in [5.74, 6) is -0.224. The van der Waals surface area contributed by atoms with Gasteiger partial charge in [-0.25, -0.2) is 0 Å². The Labute approximate surface area is 206 Å². The first-order chi connectivity index (χ1) is 16.9. The molecule has 2 amide bonds. The van der Waals surface area contributed by atoms with Gasteiger partial charge in [0.15, 0.2) is 11.7 Å². The van der Waals surface area contributed by atoms with Gasteiger partial charge in [-0.15, -0.1) is 0 Å². The highest BCUT2D eigenvalue weighted by Gasteiger charge is 2.11. The number of hydrazine groups is 1. The number of nitro benzene ring substituents is 1. The fourth-order valence-corrected chi connectivity index (χ4v) is 2.98. The number of hydrogen-bond donors (Lipinski definition) is 3. The molecule has 11 heteroatoms. The smallest absolute Gasteiger partial charge is 0.276 e. The van der Waals surface area contributed by atoms with Crippen molar-refractivity contribution >= 4 is 34.8 Å². The van der Waals surface area contributed by atoms with Crippen LogP contribution >= 0.6 is 12.2 Å². The number of non-ortho nitro benzene ring substituents is 1. The summed E-state index contributed by atoms with van der Waals surface area (Å²) in [5.41, 5.74) is 6.10. The predicted molar refractivity (Wildman–Crippen MR) is 132 cm³/mol. The molecule has 35 heavy (non-hydrogen) atoms. The first-order valence-corrected chi connectivity index (χ1v) is 10.9. The highest BCUT2D eigenvalue weighted by atomic mass is 32.1. The summed E-state index contributed by atoms with van der Waals surface area (Å²) in [7, 11) is 0. The van der Waals surface area contributed by atoms with E-state index in [1.54, 1.807) is 24.3 Å². The van der Waals surface area contributed by atoms with E-state index in [0.717, 1.165) is 12.0 Å². The van der Waals surface area contributed by atoms with E-state index in [9.17, 15) is 19.7 Å². The van der Waals surface area contributed by atoms with Gasteiger partial charge >= 0.3 is 0 Å². The number of hydrogen-bond acceptors (Lipinski definition) is 7. The lowest BCUT2D eigenvalue weighted by Gasteiger charge is -2.12. The Kier molecular flexibility index (Phi) is 9.08. The second kappa shape index (κ2) is 12.7. The molecular weight excluding hydrogens is 472 g/mol. The highest BCUT2D eigenvalue weighted by Crippen LogP contribution is 2.17. The van der Waals surface area contributed by atoms with Crippen LogP contribution in [0, 0.1) is 10.1 Å². The summed E-state index contributed by atoms with van der Waals surface area (Å²) in [4.78, 5) is 34.5. The molecule has 3 N–H and O–H groups in total. The van der Waals surface area contributed by atoms with E-state index in [1.807, 2.05) is 30.3 Å². The van der Waals surface area contributed by atoms with E-state index in [4.69, 9.17) is 21.7 Å². The van der Waals surface area contributed by atoms with E-state index in [1.165, 1.54) is 24.3 Å². The Bertz CT molecular complexity index is 1190. The summed E-state index contributed by atoms with van der Waals surface area (Å²) in [6, 6.07) is 21.8. The minimum atomic E-state index is -0.575. The van der Waals surface area contributed by atoms with Crippen molar-refractivity contribution in [3.05, 3.63) is 100 Å². The Hall–Kier alpha value is -4.51. The standard InChI is InChI=1S/C24H22N4O6S/c29-22(16-34-20-11-9-19(10-12-20)28(31)32)26-27-24(35)25-23(30)18-7-4-8-21(15-18)33-14-13-17-5-2-1-3-6-17/h1-12,15H,13-14,16H2,(H,26,29)(H2,25,27,30,35). The molecule has 0 atom stereocenters. The minimum Gasteiger partial charge on any atom is -0.493 e. The average molecular weight is 495 g/mol. The molecule has 0 aliphatic rings. The van der Waals surface area contributed by atoms with E-state index >= 15 is 0 Å². The summed E-state index contributed by atoms with van der Waals surface area (Å²) >= 11 is 5.03. The number of nitrogens with zero attached hydrogens (tertiary/aromatic N) is 1. The summed E-state index contributed by atoms with van der Waals surface area (Å²) in [6.45, 7) is 0.0900. The van der Waals surface area contributed by atoms with E-state index in [0.29, 0.717) is 17.9 Å². The number of rotatable bonds is 9.